The Morgan fingerprint density at radius 2 is 1.76 bits per heavy atom. The Morgan fingerprint density at radius 1 is 1.14 bits per heavy atom. The quantitative estimate of drug-likeness (QED) is 0.785. The van der Waals surface area contributed by atoms with Crippen molar-refractivity contribution in [3.63, 3.8) is 0 Å². The molecule has 114 valence electrons. The molecule has 0 bridgehead atoms. The summed E-state index contributed by atoms with van der Waals surface area (Å²) in [6, 6.07) is 4.86. The predicted molar refractivity (Wildman–Crippen MR) is 84.6 cm³/mol. The van der Waals surface area contributed by atoms with Crippen molar-refractivity contribution in [2.24, 2.45) is 11.8 Å². The molecular weight excluding hydrogens is 311 g/mol. The number of nitrogens with one attached hydrogen (secondary N) is 2. The highest BCUT2D eigenvalue weighted by molar-refractivity contribution is 6.35. The third-order valence-electron chi connectivity index (χ3n) is 3.42. The van der Waals surface area contributed by atoms with E-state index in [0.29, 0.717) is 28.7 Å². The lowest BCUT2D eigenvalue weighted by molar-refractivity contribution is -0.125. The van der Waals surface area contributed by atoms with E-state index in [-0.39, 0.29) is 23.7 Å². The predicted octanol–water partition coefficient (Wildman–Crippen LogP) is 3.48. The first-order valence-electron chi connectivity index (χ1n) is 7.06. The number of amides is 2. The van der Waals surface area contributed by atoms with E-state index in [0.717, 1.165) is 12.8 Å². The van der Waals surface area contributed by atoms with Crippen LogP contribution in [-0.4, -0.2) is 18.4 Å². The standard InChI is InChI=1S/C15H18Cl2N2O2/c1-2-3-4-18-14(20)12-8-13(12)15(21)19-11-6-9(16)5-10(17)7-11/h5-7,12-13H,2-4,8H2,1H3,(H,18,20)(H,19,21). The molecule has 1 aromatic rings. The number of hydrogen-bond donors (Lipinski definition) is 2. The smallest absolute Gasteiger partial charge is 0.228 e. The summed E-state index contributed by atoms with van der Waals surface area (Å²) in [5, 5.41) is 6.52. The summed E-state index contributed by atoms with van der Waals surface area (Å²) >= 11 is 11.8. The van der Waals surface area contributed by atoms with E-state index in [9.17, 15) is 9.59 Å². The molecule has 1 aromatic carbocycles. The third-order valence-corrected chi connectivity index (χ3v) is 3.86. The summed E-state index contributed by atoms with van der Waals surface area (Å²) in [4.78, 5) is 23.9. The van der Waals surface area contributed by atoms with Gasteiger partial charge < -0.3 is 10.6 Å². The molecule has 1 fully saturated rings. The number of unbranched alkanes of at least 4 members (excludes halogenated alkanes) is 1. The van der Waals surface area contributed by atoms with Crippen LogP contribution in [0.5, 0.6) is 0 Å². The van der Waals surface area contributed by atoms with Crippen molar-refractivity contribution in [3.05, 3.63) is 28.2 Å². The fourth-order valence-electron chi connectivity index (χ4n) is 2.15. The van der Waals surface area contributed by atoms with Crippen molar-refractivity contribution in [2.45, 2.75) is 26.2 Å². The van der Waals surface area contributed by atoms with E-state index in [1.165, 1.54) is 0 Å². The van der Waals surface area contributed by atoms with Crippen molar-refractivity contribution in [2.75, 3.05) is 11.9 Å². The van der Waals surface area contributed by atoms with E-state index in [2.05, 4.69) is 17.6 Å². The lowest BCUT2D eigenvalue weighted by atomic mass is 10.2. The second kappa shape index (κ2) is 7.14. The molecule has 1 aliphatic carbocycles. The molecule has 1 aliphatic rings. The maximum absolute atomic E-state index is 12.1. The maximum Gasteiger partial charge on any atom is 0.228 e. The van der Waals surface area contributed by atoms with Gasteiger partial charge in [-0.1, -0.05) is 36.5 Å². The highest BCUT2D eigenvalue weighted by Gasteiger charge is 2.47. The fourth-order valence-corrected chi connectivity index (χ4v) is 2.68. The van der Waals surface area contributed by atoms with Crippen LogP contribution < -0.4 is 10.6 Å². The number of hydrogen-bond acceptors (Lipinski definition) is 2. The van der Waals surface area contributed by atoms with Crippen LogP contribution in [0.25, 0.3) is 0 Å². The maximum atomic E-state index is 12.1. The number of rotatable bonds is 6. The van der Waals surface area contributed by atoms with Crippen molar-refractivity contribution in [1.82, 2.24) is 5.32 Å². The largest absolute Gasteiger partial charge is 0.356 e. The molecule has 0 aliphatic heterocycles. The summed E-state index contributed by atoms with van der Waals surface area (Å²) in [6.45, 7) is 2.74. The van der Waals surface area contributed by atoms with Gasteiger partial charge in [-0.2, -0.15) is 0 Å². The van der Waals surface area contributed by atoms with Gasteiger partial charge in [0.2, 0.25) is 11.8 Å². The van der Waals surface area contributed by atoms with Crippen LogP contribution in [0.4, 0.5) is 5.69 Å². The fraction of sp³-hybridized carbons (Fsp3) is 0.467. The molecule has 0 spiro atoms. The average molecular weight is 329 g/mol. The summed E-state index contributed by atoms with van der Waals surface area (Å²) in [7, 11) is 0. The highest BCUT2D eigenvalue weighted by Crippen LogP contribution is 2.39. The summed E-state index contributed by atoms with van der Waals surface area (Å²) < 4.78 is 0. The van der Waals surface area contributed by atoms with E-state index in [4.69, 9.17) is 23.2 Å². The van der Waals surface area contributed by atoms with Crippen LogP contribution in [0.3, 0.4) is 0 Å². The van der Waals surface area contributed by atoms with Crippen LogP contribution in [0, 0.1) is 11.8 Å². The molecule has 2 amide bonds. The van der Waals surface area contributed by atoms with Gasteiger partial charge in [-0.15, -0.1) is 0 Å². The first-order chi connectivity index (χ1) is 10.0. The Kier molecular flexibility index (Phi) is 5.48. The minimum atomic E-state index is -0.260. The van der Waals surface area contributed by atoms with Crippen LogP contribution >= 0.6 is 23.2 Å². The zero-order valence-corrected chi connectivity index (χ0v) is 13.3. The summed E-state index contributed by atoms with van der Waals surface area (Å²) in [5.41, 5.74) is 0.551. The molecule has 0 aromatic heterocycles. The van der Waals surface area contributed by atoms with Gasteiger partial charge in [-0.05, 0) is 31.0 Å². The SMILES string of the molecule is CCCCNC(=O)C1CC1C(=O)Nc1cc(Cl)cc(Cl)c1. The lowest BCUT2D eigenvalue weighted by Crippen LogP contribution is -2.28. The summed E-state index contributed by atoms with van der Waals surface area (Å²) in [5.74, 6) is -0.669. The molecule has 0 heterocycles. The van der Waals surface area contributed by atoms with E-state index < -0.39 is 0 Å². The Hall–Kier alpha value is -1.26. The van der Waals surface area contributed by atoms with E-state index in [1.807, 2.05) is 0 Å². The minimum Gasteiger partial charge on any atom is -0.356 e. The molecule has 2 atom stereocenters. The van der Waals surface area contributed by atoms with E-state index in [1.54, 1.807) is 18.2 Å². The normalized spacial score (nSPS) is 20.0. The third kappa shape index (κ3) is 4.61. The van der Waals surface area contributed by atoms with Crippen molar-refractivity contribution >= 4 is 40.7 Å². The average Bonchev–Trinajstić information content (AvgIpc) is 3.17. The highest BCUT2D eigenvalue weighted by atomic mass is 35.5. The monoisotopic (exact) mass is 328 g/mol. The molecule has 0 radical (unpaired) electrons. The molecular formula is C15H18Cl2N2O2. The molecule has 1 saturated carbocycles. The lowest BCUT2D eigenvalue weighted by Gasteiger charge is -2.06. The molecule has 0 saturated heterocycles. The number of benzene rings is 1. The number of carbonyl (C=O) groups excluding carboxylic acids is 2. The van der Waals surface area contributed by atoms with Gasteiger partial charge >= 0.3 is 0 Å². The van der Waals surface area contributed by atoms with Gasteiger partial charge in [-0.3, -0.25) is 9.59 Å². The Morgan fingerprint density at radius 3 is 2.38 bits per heavy atom. The second-order valence-corrected chi connectivity index (χ2v) is 6.11. The van der Waals surface area contributed by atoms with Crippen molar-refractivity contribution in [1.29, 1.82) is 0 Å². The first-order valence-corrected chi connectivity index (χ1v) is 7.81. The van der Waals surface area contributed by atoms with Gasteiger partial charge in [0.15, 0.2) is 0 Å². The number of carbonyl (C=O) groups is 2. The van der Waals surface area contributed by atoms with Crippen LogP contribution in [0.15, 0.2) is 18.2 Å². The second-order valence-electron chi connectivity index (χ2n) is 5.24. The molecule has 21 heavy (non-hydrogen) atoms. The molecule has 4 nitrogen and oxygen atoms in total. The molecule has 6 heteroatoms. The molecule has 2 N–H and O–H groups in total. The van der Waals surface area contributed by atoms with Gasteiger partial charge in [0.05, 0.1) is 11.8 Å². The first kappa shape index (κ1) is 16.1. The zero-order chi connectivity index (χ0) is 15.4. The number of halogens is 2. The van der Waals surface area contributed by atoms with Crippen LogP contribution in [-0.2, 0) is 9.59 Å². The van der Waals surface area contributed by atoms with Crippen molar-refractivity contribution in [3.8, 4) is 0 Å². The van der Waals surface area contributed by atoms with Crippen molar-refractivity contribution < 1.29 is 9.59 Å². The topological polar surface area (TPSA) is 58.2 Å². The summed E-state index contributed by atoms with van der Waals surface area (Å²) in [6.07, 6.45) is 2.58. The Labute approximate surface area is 134 Å². The van der Waals surface area contributed by atoms with Crippen LogP contribution in [0.1, 0.15) is 26.2 Å². The molecule has 2 unspecified atom stereocenters. The number of anilines is 1. The Bertz CT molecular complexity index is 528. The molecule has 2 rings (SSSR count). The van der Waals surface area contributed by atoms with E-state index >= 15 is 0 Å². The Balaban J connectivity index is 1.84. The van der Waals surface area contributed by atoms with Crippen LogP contribution in [0.2, 0.25) is 10.0 Å². The van der Waals surface area contributed by atoms with Gasteiger partial charge in [-0.25, -0.2) is 0 Å². The van der Waals surface area contributed by atoms with Gasteiger partial charge in [0.25, 0.3) is 0 Å². The van der Waals surface area contributed by atoms with Gasteiger partial charge in [0, 0.05) is 22.3 Å². The zero-order valence-electron chi connectivity index (χ0n) is 11.8. The minimum absolute atomic E-state index is 0.0345. The van der Waals surface area contributed by atoms with Gasteiger partial charge in [0.1, 0.15) is 0 Å².